The number of aromatic nitrogens is 1. The summed E-state index contributed by atoms with van der Waals surface area (Å²) in [5.41, 5.74) is 1.26. The van der Waals surface area contributed by atoms with Crippen LogP contribution in [0.2, 0.25) is 0 Å². The number of nitrogens with zero attached hydrogens (tertiary/aromatic N) is 1. The van der Waals surface area contributed by atoms with E-state index in [4.69, 9.17) is 0 Å². The van der Waals surface area contributed by atoms with Crippen molar-refractivity contribution in [3.8, 4) is 0 Å². The topological polar surface area (TPSA) is 51.1 Å². The van der Waals surface area contributed by atoms with Crippen LogP contribution < -0.4 is 10.7 Å². The highest BCUT2D eigenvalue weighted by atomic mass is 19.1. The molecule has 0 aliphatic heterocycles. The van der Waals surface area contributed by atoms with Gasteiger partial charge in [0.05, 0.1) is 22.2 Å². The van der Waals surface area contributed by atoms with Gasteiger partial charge >= 0.3 is 0 Å². The van der Waals surface area contributed by atoms with Gasteiger partial charge in [0, 0.05) is 23.8 Å². The molecule has 4 nitrogen and oxygen atoms in total. The van der Waals surface area contributed by atoms with Gasteiger partial charge in [-0.05, 0) is 45.6 Å². The quantitative estimate of drug-likeness (QED) is 0.642. The molecule has 152 valence electrons. The molecule has 1 aliphatic carbocycles. The molecule has 28 heavy (non-hydrogen) atoms. The summed E-state index contributed by atoms with van der Waals surface area (Å²) >= 11 is 0. The van der Waals surface area contributed by atoms with E-state index in [0.29, 0.717) is 22.2 Å². The minimum Gasteiger partial charge on any atom is -0.380 e. The SMILES string of the molecule is CCC(CC)n1cc(C(C)=O)c(=O)c2c(C)c(F)c(NC3CCCCC3)cc21. The summed E-state index contributed by atoms with van der Waals surface area (Å²) in [7, 11) is 0. The predicted octanol–water partition coefficient (Wildman–Crippen LogP) is 5.76. The summed E-state index contributed by atoms with van der Waals surface area (Å²) in [6.07, 6.45) is 9.05. The first kappa shape index (κ1) is 20.6. The number of anilines is 1. The molecule has 0 amide bonds. The minimum atomic E-state index is -0.382. The molecule has 5 heteroatoms. The van der Waals surface area contributed by atoms with E-state index in [-0.39, 0.29) is 34.7 Å². The number of hydrogen-bond acceptors (Lipinski definition) is 3. The molecule has 1 aliphatic rings. The van der Waals surface area contributed by atoms with Gasteiger partial charge in [-0.25, -0.2) is 4.39 Å². The van der Waals surface area contributed by atoms with E-state index in [0.717, 1.165) is 38.5 Å². The van der Waals surface area contributed by atoms with Crippen LogP contribution in [0.5, 0.6) is 0 Å². The van der Waals surface area contributed by atoms with E-state index < -0.39 is 0 Å². The van der Waals surface area contributed by atoms with Gasteiger partial charge in [-0.3, -0.25) is 9.59 Å². The van der Waals surface area contributed by atoms with E-state index in [2.05, 4.69) is 19.2 Å². The fourth-order valence-electron chi connectivity index (χ4n) is 4.48. The molecular weight excluding hydrogens is 355 g/mol. The van der Waals surface area contributed by atoms with Gasteiger partial charge in [0.25, 0.3) is 0 Å². The number of ketones is 1. The molecule has 1 fully saturated rings. The molecule has 0 bridgehead atoms. The summed E-state index contributed by atoms with van der Waals surface area (Å²) in [5.74, 6) is -0.664. The van der Waals surface area contributed by atoms with Crippen molar-refractivity contribution in [2.24, 2.45) is 0 Å². The number of rotatable bonds is 6. The molecular formula is C23H31FN2O2. The van der Waals surface area contributed by atoms with Crippen molar-refractivity contribution in [1.82, 2.24) is 4.57 Å². The number of pyridine rings is 1. The lowest BCUT2D eigenvalue weighted by Crippen LogP contribution is -2.24. The van der Waals surface area contributed by atoms with Crippen molar-refractivity contribution >= 4 is 22.4 Å². The summed E-state index contributed by atoms with van der Waals surface area (Å²) in [6.45, 7) is 7.21. The largest absolute Gasteiger partial charge is 0.380 e. The Kier molecular flexibility index (Phi) is 6.21. The highest BCUT2D eigenvalue weighted by Gasteiger charge is 2.22. The number of hydrogen-bond donors (Lipinski definition) is 1. The van der Waals surface area contributed by atoms with Gasteiger partial charge in [0.2, 0.25) is 5.43 Å². The second-order valence-corrected chi connectivity index (χ2v) is 8.04. The zero-order valence-corrected chi connectivity index (χ0v) is 17.4. The molecule has 0 spiro atoms. The Morgan fingerprint density at radius 2 is 1.89 bits per heavy atom. The highest BCUT2D eigenvalue weighted by Crippen LogP contribution is 2.31. The van der Waals surface area contributed by atoms with Crippen molar-refractivity contribution in [3.05, 3.63) is 39.4 Å². The van der Waals surface area contributed by atoms with Crippen LogP contribution in [-0.2, 0) is 0 Å². The number of halogens is 1. The Morgan fingerprint density at radius 1 is 1.25 bits per heavy atom. The number of nitrogens with one attached hydrogen (secondary N) is 1. The molecule has 0 saturated heterocycles. The molecule has 0 atom stereocenters. The third-order valence-corrected chi connectivity index (χ3v) is 6.18. The van der Waals surface area contributed by atoms with E-state index in [1.54, 1.807) is 19.2 Å². The van der Waals surface area contributed by atoms with Crippen LogP contribution in [0.25, 0.3) is 10.9 Å². The first-order valence-corrected chi connectivity index (χ1v) is 10.5. The van der Waals surface area contributed by atoms with Crippen molar-refractivity contribution in [1.29, 1.82) is 0 Å². The van der Waals surface area contributed by atoms with Gasteiger partial charge in [-0.1, -0.05) is 33.1 Å². The molecule has 1 N–H and O–H groups in total. The summed E-state index contributed by atoms with van der Waals surface area (Å²) in [5, 5.41) is 3.71. The second kappa shape index (κ2) is 8.46. The van der Waals surface area contributed by atoms with Gasteiger partial charge < -0.3 is 9.88 Å². The maximum absolute atomic E-state index is 15.2. The van der Waals surface area contributed by atoms with Crippen LogP contribution in [0.4, 0.5) is 10.1 Å². The fourth-order valence-corrected chi connectivity index (χ4v) is 4.48. The summed E-state index contributed by atoms with van der Waals surface area (Å²) < 4.78 is 17.2. The van der Waals surface area contributed by atoms with Crippen LogP contribution in [0, 0.1) is 12.7 Å². The van der Waals surface area contributed by atoms with Crippen molar-refractivity contribution in [2.75, 3.05) is 5.32 Å². The van der Waals surface area contributed by atoms with E-state index in [9.17, 15) is 9.59 Å². The summed E-state index contributed by atoms with van der Waals surface area (Å²) in [4.78, 5) is 25.0. The van der Waals surface area contributed by atoms with Crippen LogP contribution in [-0.4, -0.2) is 16.4 Å². The Balaban J connectivity index is 2.25. The Morgan fingerprint density at radius 3 is 2.46 bits per heavy atom. The molecule has 1 heterocycles. The molecule has 0 unspecified atom stereocenters. The van der Waals surface area contributed by atoms with Crippen LogP contribution in [0.1, 0.15) is 87.7 Å². The predicted molar refractivity (Wildman–Crippen MR) is 113 cm³/mol. The standard InChI is InChI=1S/C23H31FN2O2/c1-5-17(6-2)26-13-18(15(4)27)23(28)21-14(3)22(24)19(12-20(21)26)25-16-10-8-7-9-11-16/h12-13,16-17,25H,5-11H2,1-4H3. The fraction of sp³-hybridized carbons (Fsp3) is 0.565. The summed E-state index contributed by atoms with van der Waals surface area (Å²) in [6, 6.07) is 2.19. The Bertz CT molecular complexity index is 938. The number of Topliss-reactive ketones (excluding diaryl/α,β-unsaturated/α-hetero) is 1. The lowest BCUT2D eigenvalue weighted by Gasteiger charge is -2.26. The molecule has 0 radical (unpaired) electrons. The first-order chi connectivity index (χ1) is 13.4. The van der Waals surface area contributed by atoms with Gasteiger partial charge in [-0.2, -0.15) is 0 Å². The minimum absolute atomic E-state index is 0.134. The van der Waals surface area contributed by atoms with Crippen molar-refractivity contribution < 1.29 is 9.18 Å². The first-order valence-electron chi connectivity index (χ1n) is 10.5. The lowest BCUT2D eigenvalue weighted by molar-refractivity contribution is 0.101. The van der Waals surface area contributed by atoms with E-state index >= 15 is 4.39 Å². The third kappa shape index (κ3) is 3.71. The van der Waals surface area contributed by atoms with Crippen LogP contribution >= 0.6 is 0 Å². The van der Waals surface area contributed by atoms with Gasteiger partial charge in [-0.15, -0.1) is 0 Å². The van der Waals surface area contributed by atoms with Crippen molar-refractivity contribution in [2.45, 2.75) is 84.7 Å². The van der Waals surface area contributed by atoms with E-state index in [1.165, 1.54) is 13.3 Å². The number of carbonyl (C=O) groups is 1. The Hall–Kier alpha value is -2.17. The average Bonchev–Trinajstić information content (AvgIpc) is 2.68. The number of carbonyl (C=O) groups excluding carboxylic acids is 1. The zero-order chi connectivity index (χ0) is 20.4. The smallest absolute Gasteiger partial charge is 0.200 e. The second-order valence-electron chi connectivity index (χ2n) is 8.04. The van der Waals surface area contributed by atoms with Crippen LogP contribution in [0.15, 0.2) is 17.1 Å². The molecule has 3 rings (SSSR count). The van der Waals surface area contributed by atoms with Crippen LogP contribution in [0.3, 0.4) is 0 Å². The highest BCUT2D eigenvalue weighted by molar-refractivity contribution is 5.98. The zero-order valence-electron chi connectivity index (χ0n) is 17.4. The van der Waals surface area contributed by atoms with Gasteiger partial charge in [0.1, 0.15) is 5.82 Å². The van der Waals surface area contributed by atoms with Gasteiger partial charge in [0.15, 0.2) is 5.78 Å². The number of fused-ring (bicyclic) bond motifs is 1. The average molecular weight is 387 g/mol. The maximum Gasteiger partial charge on any atom is 0.200 e. The molecule has 2 aromatic rings. The van der Waals surface area contributed by atoms with E-state index in [1.807, 2.05) is 4.57 Å². The third-order valence-electron chi connectivity index (χ3n) is 6.18. The number of aryl methyl sites for hydroxylation is 1. The lowest BCUT2D eigenvalue weighted by atomic mass is 9.95. The molecule has 1 aromatic carbocycles. The number of benzene rings is 1. The molecule has 1 saturated carbocycles. The van der Waals surface area contributed by atoms with Crippen molar-refractivity contribution in [3.63, 3.8) is 0 Å². The molecule has 1 aromatic heterocycles. The Labute approximate surface area is 166 Å². The monoisotopic (exact) mass is 386 g/mol. The maximum atomic E-state index is 15.2. The normalized spacial score (nSPS) is 15.4.